The fourth-order valence-electron chi connectivity index (χ4n) is 2.13. The second-order valence-corrected chi connectivity index (χ2v) is 4.60. The average molecular weight is 262 g/mol. The highest BCUT2D eigenvalue weighted by Gasteiger charge is 2.07. The molecule has 0 saturated heterocycles. The zero-order valence-corrected chi connectivity index (χ0v) is 11.1. The highest BCUT2D eigenvalue weighted by Crippen LogP contribution is 2.22. The molecule has 0 spiro atoms. The maximum Gasteiger partial charge on any atom is 0.160 e. The van der Waals surface area contributed by atoms with Gasteiger partial charge in [-0.1, -0.05) is 48.5 Å². The molecule has 0 bridgehead atoms. The number of hydrogen-bond donors (Lipinski definition) is 1. The van der Waals surface area contributed by atoms with Crippen LogP contribution in [0.1, 0.15) is 12.6 Å². The Morgan fingerprint density at radius 1 is 0.950 bits per heavy atom. The van der Waals surface area contributed by atoms with Gasteiger partial charge in [0.05, 0.1) is 17.0 Å². The normalized spacial score (nSPS) is 11.8. The predicted molar refractivity (Wildman–Crippen MR) is 81.3 cm³/mol. The molecule has 98 valence electrons. The Labute approximate surface area is 117 Å². The lowest BCUT2D eigenvalue weighted by Crippen LogP contribution is -1.94. The minimum absolute atomic E-state index is 0.230. The Hall–Kier alpha value is -2.68. The maximum absolute atomic E-state index is 9.53. The van der Waals surface area contributed by atoms with Gasteiger partial charge in [0.15, 0.2) is 5.82 Å². The lowest BCUT2D eigenvalue weighted by molar-refractivity contribution is 0.419. The maximum atomic E-state index is 9.53. The number of nitrogens with zero attached hydrogens (tertiary/aromatic N) is 2. The standard InChI is InChI=1S/C17H14N2O/c1-12(20)11-16-14-9-5-6-10-15(14)18-17(19-16)13-7-3-2-4-8-13/h2-11,20H,1H3/b12-11+. The fourth-order valence-corrected chi connectivity index (χ4v) is 2.13. The van der Waals surface area contributed by atoms with E-state index in [1.807, 2.05) is 54.6 Å². The summed E-state index contributed by atoms with van der Waals surface area (Å²) < 4.78 is 0. The molecule has 0 aliphatic heterocycles. The summed E-state index contributed by atoms with van der Waals surface area (Å²) >= 11 is 0. The van der Waals surface area contributed by atoms with Crippen LogP contribution in [-0.2, 0) is 0 Å². The summed E-state index contributed by atoms with van der Waals surface area (Å²) in [4.78, 5) is 9.16. The predicted octanol–water partition coefficient (Wildman–Crippen LogP) is 4.22. The van der Waals surface area contributed by atoms with E-state index in [0.717, 1.165) is 22.2 Å². The van der Waals surface area contributed by atoms with E-state index in [-0.39, 0.29) is 5.76 Å². The van der Waals surface area contributed by atoms with Crippen molar-refractivity contribution in [1.82, 2.24) is 9.97 Å². The van der Waals surface area contributed by atoms with Crippen LogP contribution in [0.15, 0.2) is 60.4 Å². The Balaban J connectivity index is 2.28. The highest BCUT2D eigenvalue weighted by atomic mass is 16.3. The molecule has 2 aromatic carbocycles. The lowest BCUT2D eigenvalue weighted by Gasteiger charge is -2.06. The first kappa shape index (κ1) is 12.4. The molecule has 0 saturated carbocycles. The van der Waals surface area contributed by atoms with Crippen molar-refractivity contribution in [2.45, 2.75) is 6.92 Å². The summed E-state index contributed by atoms with van der Waals surface area (Å²) in [5, 5.41) is 10.5. The molecule has 3 aromatic rings. The van der Waals surface area contributed by atoms with Crippen molar-refractivity contribution < 1.29 is 5.11 Å². The molecule has 0 fully saturated rings. The zero-order chi connectivity index (χ0) is 13.9. The number of aromatic nitrogens is 2. The Morgan fingerprint density at radius 3 is 2.40 bits per heavy atom. The van der Waals surface area contributed by atoms with Crippen molar-refractivity contribution in [3.8, 4) is 11.4 Å². The van der Waals surface area contributed by atoms with Crippen molar-refractivity contribution in [3.05, 3.63) is 66.1 Å². The molecule has 0 aliphatic rings. The number of fused-ring (bicyclic) bond motifs is 1. The number of para-hydroxylation sites is 1. The topological polar surface area (TPSA) is 46.0 Å². The summed E-state index contributed by atoms with van der Waals surface area (Å²) in [5.41, 5.74) is 2.56. The summed E-state index contributed by atoms with van der Waals surface area (Å²) in [6.07, 6.45) is 1.66. The van der Waals surface area contributed by atoms with Crippen molar-refractivity contribution in [2.75, 3.05) is 0 Å². The van der Waals surface area contributed by atoms with Crippen LogP contribution >= 0.6 is 0 Å². The third kappa shape index (κ3) is 2.38. The Morgan fingerprint density at radius 2 is 1.65 bits per heavy atom. The fraction of sp³-hybridized carbons (Fsp3) is 0.0588. The van der Waals surface area contributed by atoms with Gasteiger partial charge in [0.1, 0.15) is 0 Å². The van der Waals surface area contributed by atoms with Crippen molar-refractivity contribution in [1.29, 1.82) is 0 Å². The second kappa shape index (κ2) is 5.13. The first-order valence-electron chi connectivity index (χ1n) is 6.43. The van der Waals surface area contributed by atoms with Crippen molar-refractivity contribution in [2.24, 2.45) is 0 Å². The third-order valence-electron chi connectivity index (χ3n) is 3.01. The monoisotopic (exact) mass is 262 g/mol. The van der Waals surface area contributed by atoms with Gasteiger partial charge in [0, 0.05) is 17.0 Å². The van der Waals surface area contributed by atoms with Crippen LogP contribution in [0.2, 0.25) is 0 Å². The van der Waals surface area contributed by atoms with Gasteiger partial charge in [-0.15, -0.1) is 0 Å². The molecule has 1 aromatic heterocycles. The van der Waals surface area contributed by atoms with E-state index in [1.54, 1.807) is 13.0 Å². The molecule has 1 N–H and O–H groups in total. The summed E-state index contributed by atoms with van der Waals surface area (Å²) in [6, 6.07) is 17.6. The number of benzene rings is 2. The van der Waals surface area contributed by atoms with Gasteiger partial charge in [-0.25, -0.2) is 9.97 Å². The molecule has 0 radical (unpaired) electrons. The molecule has 0 unspecified atom stereocenters. The molecule has 3 rings (SSSR count). The number of hydrogen-bond acceptors (Lipinski definition) is 3. The van der Waals surface area contributed by atoms with E-state index in [4.69, 9.17) is 0 Å². The highest BCUT2D eigenvalue weighted by molar-refractivity contribution is 5.87. The smallest absolute Gasteiger partial charge is 0.160 e. The molecule has 0 amide bonds. The lowest BCUT2D eigenvalue weighted by atomic mass is 10.1. The van der Waals surface area contributed by atoms with Crippen molar-refractivity contribution >= 4 is 17.0 Å². The van der Waals surface area contributed by atoms with Gasteiger partial charge in [-0.2, -0.15) is 0 Å². The van der Waals surface area contributed by atoms with Gasteiger partial charge in [0.25, 0.3) is 0 Å². The minimum atomic E-state index is 0.230. The Kier molecular flexibility index (Phi) is 3.17. The van der Waals surface area contributed by atoms with Gasteiger partial charge in [-0.3, -0.25) is 0 Å². The van der Waals surface area contributed by atoms with E-state index in [2.05, 4.69) is 9.97 Å². The van der Waals surface area contributed by atoms with Crippen molar-refractivity contribution in [3.63, 3.8) is 0 Å². The van der Waals surface area contributed by atoms with Gasteiger partial charge in [-0.05, 0) is 13.0 Å². The molecular weight excluding hydrogens is 248 g/mol. The van der Waals surface area contributed by atoms with E-state index in [9.17, 15) is 5.11 Å². The minimum Gasteiger partial charge on any atom is -0.513 e. The van der Waals surface area contributed by atoms with Crippen LogP contribution in [0.3, 0.4) is 0 Å². The van der Waals surface area contributed by atoms with Gasteiger partial charge in [0.2, 0.25) is 0 Å². The van der Waals surface area contributed by atoms with Gasteiger partial charge < -0.3 is 5.11 Å². The first-order valence-corrected chi connectivity index (χ1v) is 6.43. The van der Waals surface area contributed by atoms with Crippen LogP contribution in [0.4, 0.5) is 0 Å². The van der Waals surface area contributed by atoms with Gasteiger partial charge >= 0.3 is 0 Å². The largest absolute Gasteiger partial charge is 0.513 e. The molecule has 0 aliphatic carbocycles. The second-order valence-electron chi connectivity index (χ2n) is 4.60. The summed E-state index contributed by atoms with van der Waals surface area (Å²) in [5.74, 6) is 0.893. The van der Waals surface area contributed by atoms with E-state index >= 15 is 0 Å². The molecule has 20 heavy (non-hydrogen) atoms. The number of allylic oxidation sites excluding steroid dienone is 1. The summed E-state index contributed by atoms with van der Waals surface area (Å²) in [6.45, 7) is 1.64. The molecule has 0 atom stereocenters. The molecule has 3 nitrogen and oxygen atoms in total. The number of rotatable bonds is 2. The Bertz CT molecular complexity index is 775. The van der Waals surface area contributed by atoms with E-state index in [0.29, 0.717) is 5.82 Å². The number of aliphatic hydroxyl groups is 1. The van der Waals surface area contributed by atoms with Crippen LogP contribution in [0.25, 0.3) is 28.4 Å². The quantitative estimate of drug-likeness (QED) is 0.703. The van der Waals surface area contributed by atoms with E-state index < -0.39 is 0 Å². The van der Waals surface area contributed by atoms with Crippen LogP contribution < -0.4 is 0 Å². The average Bonchev–Trinajstić information content (AvgIpc) is 2.47. The van der Waals surface area contributed by atoms with Crippen LogP contribution in [-0.4, -0.2) is 15.1 Å². The molecular formula is C17H14N2O. The third-order valence-corrected chi connectivity index (χ3v) is 3.01. The van der Waals surface area contributed by atoms with E-state index in [1.165, 1.54) is 0 Å². The zero-order valence-electron chi connectivity index (χ0n) is 11.1. The molecule has 3 heteroatoms. The SMILES string of the molecule is C/C(O)=C\c1nc(-c2ccccc2)nc2ccccc12. The first-order chi connectivity index (χ1) is 9.74. The summed E-state index contributed by atoms with van der Waals surface area (Å²) in [7, 11) is 0. The van der Waals surface area contributed by atoms with Crippen LogP contribution in [0, 0.1) is 0 Å². The van der Waals surface area contributed by atoms with Crippen LogP contribution in [0.5, 0.6) is 0 Å². The molecule has 1 heterocycles. The number of aliphatic hydroxyl groups excluding tert-OH is 1.